The second-order valence-corrected chi connectivity index (χ2v) is 8.73. The molecule has 1 saturated heterocycles. The molecule has 0 bridgehead atoms. The summed E-state index contributed by atoms with van der Waals surface area (Å²) in [5, 5.41) is 11.7. The van der Waals surface area contributed by atoms with Crippen LogP contribution in [-0.2, 0) is 6.61 Å². The van der Waals surface area contributed by atoms with E-state index in [2.05, 4.69) is 17.2 Å². The lowest BCUT2D eigenvalue weighted by molar-refractivity contribution is 0.102. The van der Waals surface area contributed by atoms with E-state index in [-0.39, 0.29) is 42.1 Å². The molecule has 0 spiro atoms. The summed E-state index contributed by atoms with van der Waals surface area (Å²) >= 11 is 0. The number of piperidine rings is 1. The SMILES string of the molecule is C[C@@H]1C[C@H](N)CN(c2ccncc2NC(=O)c2ccc(F)c(-c3c(F)cc(CO)cc3F)c2F)C1.Cl.Cl. The van der Waals surface area contributed by atoms with Crippen LogP contribution in [0.3, 0.4) is 0 Å². The van der Waals surface area contributed by atoms with E-state index in [4.69, 9.17) is 10.8 Å². The number of hydrogen-bond acceptors (Lipinski definition) is 5. The smallest absolute Gasteiger partial charge is 0.258 e. The van der Waals surface area contributed by atoms with Crippen LogP contribution in [0.5, 0.6) is 0 Å². The molecule has 1 aliphatic rings. The summed E-state index contributed by atoms with van der Waals surface area (Å²) in [6.07, 6.45) is 3.81. The van der Waals surface area contributed by atoms with Crippen LogP contribution in [0.25, 0.3) is 11.1 Å². The predicted octanol–water partition coefficient (Wildman–Crippen LogP) is 5.07. The Bertz CT molecular complexity index is 1250. The van der Waals surface area contributed by atoms with Gasteiger partial charge in [-0.2, -0.15) is 0 Å². The van der Waals surface area contributed by atoms with Gasteiger partial charge in [0, 0.05) is 25.3 Å². The Morgan fingerprint density at radius 2 is 1.76 bits per heavy atom. The minimum absolute atomic E-state index is 0. The minimum Gasteiger partial charge on any atom is -0.392 e. The number of aromatic nitrogens is 1. The second kappa shape index (κ2) is 12.6. The van der Waals surface area contributed by atoms with Crippen LogP contribution in [-0.4, -0.2) is 35.1 Å². The molecule has 4 rings (SSSR count). The molecule has 1 aromatic heterocycles. The third kappa shape index (κ3) is 6.32. The van der Waals surface area contributed by atoms with E-state index in [9.17, 15) is 18.0 Å². The topological polar surface area (TPSA) is 91.5 Å². The standard InChI is InChI=1S/C25H24F4N4O2.2ClH/c1-13-6-15(30)11-33(10-13)21-4-5-31-9-20(21)32-25(35)16-2-3-17(26)23(24(16)29)22-18(27)7-14(12-34)8-19(22)28;;/h2-5,7-9,13,15,34H,6,10-12,30H2,1H3,(H,32,35);2*1H/t13-,15+;;/m1../s1. The van der Waals surface area contributed by atoms with Crippen molar-refractivity contribution in [3.05, 3.63) is 77.1 Å². The first kappa shape index (κ1) is 30.3. The molecule has 0 radical (unpaired) electrons. The highest BCUT2D eigenvalue weighted by atomic mass is 35.5. The Balaban J connectivity index is 0.00000241. The second-order valence-electron chi connectivity index (χ2n) is 8.73. The van der Waals surface area contributed by atoms with Crippen molar-refractivity contribution in [2.75, 3.05) is 23.3 Å². The fraction of sp³-hybridized carbons (Fsp3) is 0.280. The molecular formula is C25H26Cl2F4N4O2. The maximum Gasteiger partial charge on any atom is 0.258 e. The number of hydrogen-bond donors (Lipinski definition) is 3. The molecule has 6 nitrogen and oxygen atoms in total. The number of rotatable bonds is 5. The third-order valence-electron chi connectivity index (χ3n) is 5.95. The summed E-state index contributed by atoms with van der Waals surface area (Å²) in [5.41, 5.74) is 4.37. The van der Waals surface area contributed by atoms with Crippen molar-refractivity contribution in [2.45, 2.75) is 26.0 Å². The molecule has 4 N–H and O–H groups in total. The number of carbonyl (C=O) groups excluding carboxylic acids is 1. The number of aliphatic hydroxyl groups excluding tert-OH is 1. The normalized spacial score (nSPS) is 17.0. The number of halogens is 6. The zero-order valence-electron chi connectivity index (χ0n) is 19.7. The molecule has 0 aliphatic carbocycles. The van der Waals surface area contributed by atoms with Gasteiger partial charge >= 0.3 is 0 Å². The number of carbonyl (C=O) groups is 1. The highest BCUT2D eigenvalue weighted by Crippen LogP contribution is 2.34. The monoisotopic (exact) mass is 560 g/mol. The van der Waals surface area contributed by atoms with Crippen molar-refractivity contribution >= 4 is 42.1 Å². The van der Waals surface area contributed by atoms with Gasteiger partial charge in [-0.1, -0.05) is 6.92 Å². The van der Waals surface area contributed by atoms with Crippen LogP contribution < -0.4 is 16.0 Å². The van der Waals surface area contributed by atoms with Gasteiger partial charge < -0.3 is 21.1 Å². The molecule has 1 fully saturated rings. The van der Waals surface area contributed by atoms with Gasteiger partial charge in [0.2, 0.25) is 0 Å². The molecule has 1 aliphatic heterocycles. The molecule has 0 unspecified atom stereocenters. The number of anilines is 2. The van der Waals surface area contributed by atoms with Gasteiger partial charge in [0.25, 0.3) is 5.91 Å². The van der Waals surface area contributed by atoms with Gasteiger partial charge in [0.1, 0.15) is 23.3 Å². The Labute approximate surface area is 223 Å². The molecule has 1 amide bonds. The van der Waals surface area contributed by atoms with Crippen LogP contribution in [0.4, 0.5) is 28.9 Å². The molecule has 12 heteroatoms. The lowest BCUT2D eigenvalue weighted by atomic mass is 9.96. The summed E-state index contributed by atoms with van der Waals surface area (Å²) in [6, 6.07) is 4.85. The van der Waals surface area contributed by atoms with Crippen molar-refractivity contribution in [1.82, 2.24) is 4.98 Å². The molecule has 2 aromatic carbocycles. The van der Waals surface area contributed by atoms with Crippen molar-refractivity contribution in [1.29, 1.82) is 0 Å². The van der Waals surface area contributed by atoms with Gasteiger partial charge in [0.15, 0.2) is 0 Å². The molecule has 3 aromatic rings. The number of nitrogens with zero attached hydrogens (tertiary/aromatic N) is 2. The Kier molecular flexibility index (Phi) is 10.3. The zero-order chi connectivity index (χ0) is 25.3. The maximum atomic E-state index is 15.3. The summed E-state index contributed by atoms with van der Waals surface area (Å²) in [6.45, 7) is 2.65. The van der Waals surface area contributed by atoms with Crippen LogP contribution in [0, 0.1) is 29.2 Å². The maximum absolute atomic E-state index is 15.3. The van der Waals surface area contributed by atoms with Crippen molar-refractivity contribution < 1.29 is 27.5 Å². The lowest BCUT2D eigenvalue weighted by Gasteiger charge is -2.37. The van der Waals surface area contributed by atoms with Crippen LogP contribution in [0.1, 0.15) is 29.3 Å². The van der Waals surface area contributed by atoms with Crippen LogP contribution in [0.15, 0.2) is 42.7 Å². The average molecular weight is 561 g/mol. The van der Waals surface area contributed by atoms with E-state index in [0.717, 1.165) is 30.7 Å². The van der Waals surface area contributed by atoms with Gasteiger partial charge in [0.05, 0.1) is 40.9 Å². The van der Waals surface area contributed by atoms with Gasteiger partial charge in [-0.25, -0.2) is 17.6 Å². The Morgan fingerprint density at radius 1 is 1.08 bits per heavy atom. The molecule has 200 valence electrons. The molecule has 0 saturated carbocycles. The first-order chi connectivity index (χ1) is 16.7. The summed E-state index contributed by atoms with van der Waals surface area (Å²) in [4.78, 5) is 19.0. The lowest BCUT2D eigenvalue weighted by Crippen LogP contribution is -2.46. The Hall–Kier alpha value is -2.92. The first-order valence-electron chi connectivity index (χ1n) is 11.0. The van der Waals surface area contributed by atoms with E-state index in [1.165, 1.54) is 6.20 Å². The largest absolute Gasteiger partial charge is 0.392 e. The summed E-state index contributed by atoms with van der Waals surface area (Å²) in [5.74, 6) is -5.83. The van der Waals surface area contributed by atoms with Crippen molar-refractivity contribution in [2.24, 2.45) is 11.7 Å². The number of amides is 1. The minimum atomic E-state index is -1.42. The Morgan fingerprint density at radius 3 is 2.38 bits per heavy atom. The van der Waals surface area contributed by atoms with Crippen molar-refractivity contribution in [3.8, 4) is 11.1 Å². The first-order valence-corrected chi connectivity index (χ1v) is 11.0. The van der Waals surface area contributed by atoms with Crippen molar-refractivity contribution in [3.63, 3.8) is 0 Å². The summed E-state index contributed by atoms with van der Waals surface area (Å²) in [7, 11) is 0. The number of benzene rings is 2. The van der Waals surface area contributed by atoms with Gasteiger partial charge in [-0.05, 0) is 48.2 Å². The molecule has 2 heterocycles. The highest BCUT2D eigenvalue weighted by Gasteiger charge is 2.27. The third-order valence-corrected chi connectivity index (χ3v) is 5.95. The number of aliphatic hydroxyl groups is 1. The quantitative estimate of drug-likeness (QED) is 0.379. The summed E-state index contributed by atoms with van der Waals surface area (Å²) < 4.78 is 59.0. The fourth-order valence-electron chi connectivity index (χ4n) is 4.46. The predicted molar refractivity (Wildman–Crippen MR) is 138 cm³/mol. The van der Waals surface area contributed by atoms with E-state index in [0.29, 0.717) is 24.7 Å². The number of nitrogens with one attached hydrogen (secondary N) is 1. The van der Waals surface area contributed by atoms with E-state index in [1.807, 2.05) is 4.90 Å². The molecule has 37 heavy (non-hydrogen) atoms. The number of pyridine rings is 1. The fourth-order valence-corrected chi connectivity index (χ4v) is 4.46. The van der Waals surface area contributed by atoms with Gasteiger partial charge in [-0.3, -0.25) is 9.78 Å². The van der Waals surface area contributed by atoms with E-state index < -0.39 is 52.5 Å². The molecule has 2 atom stereocenters. The number of nitrogens with two attached hydrogens (primary N) is 1. The van der Waals surface area contributed by atoms with E-state index >= 15 is 4.39 Å². The van der Waals surface area contributed by atoms with Crippen LogP contribution in [0.2, 0.25) is 0 Å². The van der Waals surface area contributed by atoms with Crippen LogP contribution >= 0.6 is 24.8 Å². The van der Waals surface area contributed by atoms with Gasteiger partial charge in [-0.15, -0.1) is 24.8 Å². The zero-order valence-corrected chi connectivity index (χ0v) is 21.3. The highest BCUT2D eigenvalue weighted by molar-refractivity contribution is 6.06. The average Bonchev–Trinajstić information content (AvgIpc) is 2.80. The molecular weight excluding hydrogens is 535 g/mol. The van der Waals surface area contributed by atoms with E-state index in [1.54, 1.807) is 12.3 Å².